The highest BCUT2D eigenvalue weighted by molar-refractivity contribution is 6.06. The third-order valence-corrected chi connectivity index (χ3v) is 5.27. The van der Waals surface area contributed by atoms with E-state index in [1.54, 1.807) is 19.3 Å². The van der Waals surface area contributed by atoms with Gasteiger partial charge >= 0.3 is 5.97 Å². The Morgan fingerprint density at radius 1 is 1.13 bits per heavy atom. The lowest BCUT2D eigenvalue weighted by molar-refractivity contribution is 0.0526. The fourth-order valence-electron chi connectivity index (χ4n) is 3.90. The lowest BCUT2D eigenvalue weighted by atomic mass is 10.0. The number of pyridine rings is 1. The minimum absolute atomic E-state index is 0.263. The Bertz CT molecular complexity index is 1100. The summed E-state index contributed by atoms with van der Waals surface area (Å²) in [7, 11) is 0. The van der Waals surface area contributed by atoms with Crippen LogP contribution < -0.4 is 9.80 Å². The quantitative estimate of drug-likeness (QED) is 0.613. The second-order valence-corrected chi connectivity index (χ2v) is 7.30. The van der Waals surface area contributed by atoms with Gasteiger partial charge in [-0.1, -0.05) is 0 Å². The van der Waals surface area contributed by atoms with Gasteiger partial charge in [0.1, 0.15) is 23.0 Å². The maximum absolute atomic E-state index is 14.3. The molecule has 1 fully saturated rings. The first-order valence-electron chi connectivity index (χ1n) is 10.0. The van der Waals surface area contributed by atoms with E-state index in [2.05, 4.69) is 24.8 Å². The Morgan fingerprint density at radius 2 is 1.87 bits per heavy atom. The molecule has 7 nitrogen and oxygen atoms in total. The van der Waals surface area contributed by atoms with Gasteiger partial charge < -0.3 is 14.5 Å². The van der Waals surface area contributed by atoms with Gasteiger partial charge in [-0.3, -0.25) is 4.98 Å². The lowest BCUT2D eigenvalue weighted by Crippen LogP contribution is -2.47. The average Bonchev–Trinajstić information content (AvgIpc) is 2.73. The number of rotatable bonds is 4. The molecule has 4 rings (SSSR count). The molecule has 3 aromatic rings. The highest BCUT2D eigenvalue weighted by Crippen LogP contribution is 2.33. The summed E-state index contributed by atoms with van der Waals surface area (Å²) in [5.74, 6) is 0.816. The Kier molecular flexibility index (Phi) is 5.48. The molecular weight excluding hydrogens is 385 g/mol. The van der Waals surface area contributed by atoms with E-state index in [-0.39, 0.29) is 12.4 Å². The molecule has 0 N–H and O–H groups in total. The van der Waals surface area contributed by atoms with Gasteiger partial charge in [0, 0.05) is 44.0 Å². The number of benzene rings is 1. The largest absolute Gasteiger partial charge is 0.462 e. The van der Waals surface area contributed by atoms with Crippen LogP contribution in [0.3, 0.4) is 0 Å². The molecular formula is C22H24FN5O2. The van der Waals surface area contributed by atoms with Crippen molar-refractivity contribution in [2.45, 2.75) is 20.8 Å². The summed E-state index contributed by atoms with van der Waals surface area (Å²) in [4.78, 5) is 30.0. The molecule has 1 aliphatic rings. The van der Waals surface area contributed by atoms with E-state index in [0.717, 1.165) is 30.3 Å². The normalized spacial score (nSPS) is 14.3. The minimum Gasteiger partial charge on any atom is -0.462 e. The zero-order chi connectivity index (χ0) is 21.3. The van der Waals surface area contributed by atoms with Crippen LogP contribution in [0.4, 0.5) is 15.9 Å². The molecule has 0 aliphatic carbocycles. The molecule has 0 saturated carbocycles. The summed E-state index contributed by atoms with van der Waals surface area (Å²) in [6.07, 6.45) is 3.30. The molecule has 0 radical (unpaired) electrons. The molecule has 3 heterocycles. The lowest BCUT2D eigenvalue weighted by Gasteiger charge is -2.37. The Balaban J connectivity index is 1.72. The summed E-state index contributed by atoms with van der Waals surface area (Å²) < 4.78 is 19.5. The number of anilines is 2. The number of hydrogen-bond donors (Lipinski definition) is 0. The van der Waals surface area contributed by atoms with E-state index in [9.17, 15) is 9.18 Å². The summed E-state index contributed by atoms with van der Waals surface area (Å²) in [6, 6.07) is 4.80. The van der Waals surface area contributed by atoms with Gasteiger partial charge in [-0.25, -0.2) is 19.2 Å². The van der Waals surface area contributed by atoms with Crippen LogP contribution in [0.5, 0.6) is 0 Å². The third kappa shape index (κ3) is 3.77. The molecule has 156 valence electrons. The van der Waals surface area contributed by atoms with E-state index < -0.39 is 5.97 Å². The van der Waals surface area contributed by atoms with Gasteiger partial charge in [-0.05, 0) is 44.5 Å². The number of halogens is 1. The van der Waals surface area contributed by atoms with E-state index in [4.69, 9.17) is 4.74 Å². The molecule has 1 aliphatic heterocycles. The van der Waals surface area contributed by atoms with Crippen LogP contribution in [0.2, 0.25) is 0 Å². The van der Waals surface area contributed by atoms with Crippen LogP contribution in [0, 0.1) is 19.7 Å². The highest BCUT2D eigenvalue weighted by atomic mass is 19.1. The first kappa shape index (κ1) is 20.0. The monoisotopic (exact) mass is 409 g/mol. The number of carbonyl (C=O) groups excluding carboxylic acids is 1. The second kappa shape index (κ2) is 8.22. The van der Waals surface area contributed by atoms with Crippen molar-refractivity contribution in [3.05, 3.63) is 53.4 Å². The SMILES string of the molecule is CCOC(=O)c1cnc2c(C)cc(F)cc2c1N1CCN(c2ccnc(C)n2)CC1. The fourth-order valence-corrected chi connectivity index (χ4v) is 3.90. The van der Waals surface area contributed by atoms with Crippen molar-refractivity contribution in [2.75, 3.05) is 42.6 Å². The summed E-state index contributed by atoms with van der Waals surface area (Å²) in [6.45, 7) is 8.46. The first-order chi connectivity index (χ1) is 14.5. The van der Waals surface area contributed by atoms with Crippen LogP contribution in [0.1, 0.15) is 28.7 Å². The fraction of sp³-hybridized carbons (Fsp3) is 0.364. The van der Waals surface area contributed by atoms with Crippen molar-refractivity contribution in [1.82, 2.24) is 15.0 Å². The van der Waals surface area contributed by atoms with Crippen molar-refractivity contribution >= 4 is 28.4 Å². The summed E-state index contributed by atoms with van der Waals surface area (Å²) in [5, 5.41) is 0.629. The van der Waals surface area contributed by atoms with E-state index >= 15 is 0 Å². The molecule has 0 unspecified atom stereocenters. The van der Waals surface area contributed by atoms with Crippen molar-refractivity contribution in [3.8, 4) is 0 Å². The zero-order valence-electron chi connectivity index (χ0n) is 17.4. The first-order valence-corrected chi connectivity index (χ1v) is 10.0. The Labute approximate surface area is 174 Å². The molecule has 8 heteroatoms. The summed E-state index contributed by atoms with van der Waals surface area (Å²) >= 11 is 0. The topological polar surface area (TPSA) is 71.5 Å². The number of carbonyl (C=O) groups is 1. The molecule has 1 aromatic carbocycles. The predicted molar refractivity (Wildman–Crippen MR) is 114 cm³/mol. The number of ether oxygens (including phenoxy) is 1. The number of aromatic nitrogens is 3. The smallest absolute Gasteiger partial charge is 0.341 e. The third-order valence-electron chi connectivity index (χ3n) is 5.27. The number of aryl methyl sites for hydroxylation is 2. The van der Waals surface area contributed by atoms with Crippen molar-refractivity contribution in [1.29, 1.82) is 0 Å². The number of nitrogens with zero attached hydrogens (tertiary/aromatic N) is 5. The molecule has 0 spiro atoms. The van der Waals surface area contributed by atoms with Gasteiger partial charge in [0.2, 0.25) is 0 Å². The van der Waals surface area contributed by atoms with Crippen LogP contribution >= 0.6 is 0 Å². The van der Waals surface area contributed by atoms with Gasteiger partial charge in [-0.15, -0.1) is 0 Å². The number of esters is 1. The highest BCUT2D eigenvalue weighted by Gasteiger charge is 2.26. The molecule has 0 bridgehead atoms. The molecule has 2 aromatic heterocycles. The predicted octanol–water partition coefficient (Wildman–Crippen LogP) is 3.28. The van der Waals surface area contributed by atoms with Gasteiger partial charge in [0.05, 0.1) is 17.8 Å². The Hall–Kier alpha value is -3.29. The molecule has 30 heavy (non-hydrogen) atoms. The zero-order valence-corrected chi connectivity index (χ0v) is 17.4. The standard InChI is InChI=1S/C22H24FN5O2/c1-4-30-22(29)18-13-25-20-14(2)11-16(23)12-17(20)21(18)28-9-7-27(8-10-28)19-5-6-24-15(3)26-19/h5-6,11-13H,4,7-10H2,1-3H3. The van der Waals surface area contributed by atoms with Crippen LogP contribution in [0.25, 0.3) is 10.9 Å². The van der Waals surface area contributed by atoms with Gasteiger partial charge in [0.15, 0.2) is 0 Å². The molecule has 0 atom stereocenters. The van der Waals surface area contributed by atoms with Crippen molar-refractivity contribution in [2.24, 2.45) is 0 Å². The minimum atomic E-state index is -0.447. The van der Waals surface area contributed by atoms with Crippen molar-refractivity contribution < 1.29 is 13.9 Å². The van der Waals surface area contributed by atoms with Crippen LogP contribution in [-0.4, -0.2) is 53.7 Å². The number of hydrogen-bond acceptors (Lipinski definition) is 7. The summed E-state index contributed by atoms with van der Waals surface area (Å²) in [5.41, 5.74) is 2.46. The van der Waals surface area contributed by atoms with Crippen LogP contribution in [-0.2, 0) is 4.74 Å². The number of fused-ring (bicyclic) bond motifs is 1. The molecule has 1 saturated heterocycles. The maximum atomic E-state index is 14.3. The Morgan fingerprint density at radius 3 is 2.57 bits per heavy atom. The van der Waals surface area contributed by atoms with E-state index in [1.807, 2.05) is 19.9 Å². The number of piperazine rings is 1. The van der Waals surface area contributed by atoms with Gasteiger partial charge in [0.25, 0.3) is 0 Å². The average molecular weight is 409 g/mol. The van der Waals surface area contributed by atoms with Crippen molar-refractivity contribution in [3.63, 3.8) is 0 Å². The maximum Gasteiger partial charge on any atom is 0.341 e. The van der Waals surface area contributed by atoms with E-state index in [0.29, 0.717) is 35.2 Å². The van der Waals surface area contributed by atoms with Gasteiger partial charge in [-0.2, -0.15) is 0 Å². The van der Waals surface area contributed by atoms with E-state index in [1.165, 1.54) is 12.1 Å². The molecule has 0 amide bonds. The second-order valence-electron chi connectivity index (χ2n) is 7.30. The van der Waals surface area contributed by atoms with Crippen LogP contribution in [0.15, 0.2) is 30.6 Å².